The Morgan fingerprint density at radius 1 is 0.940 bits per heavy atom. The molecule has 3 amide bonds. The SMILES string of the molecule is COc1cc2ccc1O[C@H]1CN(C(=O)c3cc(C)c(C)c(S(N)(=O)=O)c3)C[C@@H]1NC(=O)c1ccc(C)c(c1)-c1cccc(c1)OCC(=O)NC2. The second-order valence-electron chi connectivity index (χ2n) is 12.5. The highest BCUT2D eigenvalue weighted by molar-refractivity contribution is 7.89. The van der Waals surface area contributed by atoms with Gasteiger partial charge in [-0.15, -0.1) is 0 Å². The number of hydrogen-bond donors (Lipinski definition) is 3. The number of ether oxygens (including phenoxy) is 3. The molecule has 2 atom stereocenters. The second-order valence-corrected chi connectivity index (χ2v) is 14.0. The highest BCUT2D eigenvalue weighted by Crippen LogP contribution is 2.32. The van der Waals surface area contributed by atoms with Crippen molar-refractivity contribution >= 4 is 27.7 Å². The molecule has 0 aliphatic carbocycles. The third-order valence-corrected chi connectivity index (χ3v) is 10.1. The van der Waals surface area contributed by atoms with E-state index in [1.54, 1.807) is 56.3 Å². The molecule has 50 heavy (non-hydrogen) atoms. The van der Waals surface area contributed by atoms with E-state index in [1.807, 2.05) is 31.2 Å². The maximum absolute atomic E-state index is 13.9. The number of fused-ring (bicyclic) bond motifs is 7. The summed E-state index contributed by atoms with van der Waals surface area (Å²) in [6.45, 7) is 5.47. The van der Waals surface area contributed by atoms with Crippen LogP contribution in [0.5, 0.6) is 17.2 Å². The number of methoxy groups -OCH3 is 1. The summed E-state index contributed by atoms with van der Waals surface area (Å²) < 4.78 is 42.5. The molecule has 7 rings (SSSR count). The van der Waals surface area contributed by atoms with Crippen molar-refractivity contribution in [1.82, 2.24) is 15.5 Å². The van der Waals surface area contributed by atoms with E-state index in [9.17, 15) is 22.8 Å². The summed E-state index contributed by atoms with van der Waals surface area (Å²) in [5, 5.41) is 11.4. The van der Waals surface area contributed by atoms with Gasteiger partial charge >= 0.3 is 0 Å². The van der Waals surface area contributed by atoms with Gasteiger partial charge in [0.2, 0.25) is 10.0 Å². The average Bonchev–Trinajstić information content (AvgIpc) is 3.48. The number of carbonyl (C=O) groups excluding carboxylic acids is 3. The highest BCUT2D eigenvalue weighted by atomic mass is 32.2. The minimum absolute atomic E-state index is 0.0777. The number of benzene rings is 4. The topological polar surface area (TPSA) is 166 Å². The third kappa shape index (κ3) is 7.28. The number of hydrogen-bond acceptors (Lipinski definition) is 8. The molecule has 260 valence electrons. The molecule has 12 nitrogen and oxygen atoms in total. The minimum atomic E-state index is -4.09. The molecule has 4 aromatic rings. The smallest absolute Gasteiger partial charge is 0.258 e. The number of aryl methyl sites for hydroxylation is 2. The fourth-order valence-corrected chi connectivity index (χ4v) is 7.07. The van der Waals surface area contributed by atoms with Crippen LogP contribution in [0.15, 0.2) is 77.7 Å². The fourth-order valence-electron chi connectivity index (χ4n) is 6.19. The van der Waals surface area contributed by atoms with Gasteiger partial charge in [0, 0.05) is 24.2 Å². The Labute approximate surface area is 290 Å². The maximum Gasteiger partial charge on any atom is 0.258 e. The lowest BCUT2D eigenvalue weighted by molar-refractivity contribution is -0.123. The Bertz CT molecular complexity index is 2120. The van der Waals surface area contributed by atoms with Gasteiger partial charge < -0.3 is 29.7 Å². The number of likely N-dealkylation sites (tertiary alicyclic amines) is 1. The summed E-state index contributed by atoms with van der Waals surface area (Å²) in [4.78, 5) is 41.8. The molecule has 4 aromatic carbocycles. The molecule has 6 bridgehead atoms. The van der Waals surface area contributed by atoms with Crippen LogP contribution in [0.1, 0.15) is 43.0 Å². The van der Waals surface area contributed by atoms with Crippen LogP contribution in [0.3, 0.4) is 0 Å². The molecule has 1 fully saturated rings. The van der Waals surface area contributed by atoms with Crippen molar-refractivity contribution in [1.29, 1.82) is 0 Å². The van der Waals surface area contributed by atoms with Gasteiger partial charge in [0.1, 0.15) is 11.9 Å². The molecule has 0 saturated carbocycles. The summed E-state index contributed by atoms with van der Waals surface area (Å²) in [7, 11) is -2.59. The lowest BCUT2D eigenvalue weighted by Crippen LogP contribution is -2.45. The average molecular weight is 699 g/mol. The van der Waals surface area contributed by atoms with Gasteiger partial charge in [0.05, 0.1) is 24.6 Å². The van der Waals surface area contributed by atoms with Gasteiger partial charge in [-0.1, -0.05) is 24.3 Å². The van der Waals surface area contributed by atoms with E-state index in [-0.39, 0.29) is 48.5 Å². The van der Waals surface area contributed by atoms with Crippen molar-refractivity contribution < 1.29 is 37.0 Å². The Morgan fingerprint density at radius 2 is 1.74 bits per heavy atom. The molecule has 13 heteroatoms. The van der Waals surface area contributed by atoms with Crippen molar-refractivity contribution in [2.75, 3.05) is 26.8 Å². The summed E-state index contributed by atoms with van der Waals surface area (Å²) in [5.74, 6) is 0.150. The van der Waals surface area contributed by atoms with Crippen LogP contribution in [0, 0.1) is 20.8 Å². The van der Waals surface area contributed by atoms with E-state index in [1.165, 1.54) is 18.1 Å². The van der Waals surface area contributed by atoms with Crippen LogP contribution < -0.4 is 30.0 Å². The predicted octanol–water partition coefficient (Wildman–Crippen LogP) is 3.65. The normalized spacial score (nSPS) is 17.9. The number of carbonyl (C=O) groups is 3. The lowest BCUT2D eigenvalue weighted by Gasteiger charge is -2.23. The van der Waals surface area contributed by atoms with Gasteiger partial charge in [0.15, 0.2) is 18.1 Å². The van der Waals surface area contributed by atoms with Gasteiger partial charge in [-0.3, -0.25) is 14.4 Å². The zero-order valence-corrected chi connectivity index (χ0v) is 28.9. The molecule has 0 aromatic heterocycles. The number of rotatable bonds is 3. The molecule has 0 radical (unpaired) electrons. The summed E-state index contributed by atoms with van der Waals surface area (Å²) in [5.41, 5.74) is 4.90. The van der Waals surface area contributed by atoms with Crippen molar-refractivity contribution in [2.24, 2.45) is 5.14 Å². The Kier molecular flexibility index (Phi) is 9.54. The van der Waals surface area contributed by atoms with Gasteiger partial charge in [-0.2, -0.15) is 0 Å². The van der Waals surface area contributed by atoms with Gasteiger partial charge in [-0.05, 0) is 103 Å². The van der Waals surface area contributed by atoms with Crippen molar-refractivity contribution in [3.8, 4) is 28.4 Å². The van der Waals surface area contributed by atoms with E-state index >= 15 is 0 Å². The quantitative estimate of drug-likeness (QED) is 0.292. The number of nitrogens with one attached hydrogen (secondary N) is 2. The van der Waals surface area contributed by atoms with E-state index in [4.69, 9.17) is 19.3 Å². The molecular formula is C37H38N4O8S. The first-order chi connectivity index (χ1) is 23.8. The van der Waals surface area contributed by atoms with Crippen LogP contribution in [0.2, 0.25) is 0 Å². The first-order valence-electron chi connectivity index (χ1n) is 16.0. The Balaban J connectivity index is 1.38. The van der Waals surface area contributed by atoms with E-state index < -0.39 is 28.1 Å². The standard InChI is InChI=1S/C37H38N4O8S/c1-21-8-10-26-15-29(21)25-6-5-7-28(14-25)48-20-35(42)39-17-24-9-11-31(32(13-24)47-4)49-33-19-41(18-30(33)40-36(26)43)37(44)27-12-22(2)23(3)34(16-27)50(38,45)46/h5-16,30,33H,17-20H2,1-4H3,(H,39,42)(H,40,43)(H2,38,45,46)/t30-,33-/m0/s1. The summed E-state index contributed by atoms with van der Waals surface area (Å²) >= 11 is 0. The zero-order valence-electron chi connectivity index (χ0n) is 28.1. The Hall–Kier alpha value is -5.40. The first kappa shape index (κ1) is 34.5. The van der Waals surface area contributed by atoms with Crippen LogP contribution in [0.25, 0.3) is 11.1 Å². The van der Waals surface area contributed by atoms with Crippen molar-refractivity contribution in [3.63, 3.8) is 0 Å². The fraction of sp³-hybridized carbons (Fsp3) is 0.270. The van der Waals surface area contributed by atoms with Gasteiger partial charge in [-0.25, -0.2) is 13.6 Å². The van der Waals surface area contributed by atoms with Crippen LogP contribution in [-0.2, 0) is 21.4 Å². The van der Waals surface area contributed by atoms with E-state index in [0.717, 1.165) is 22.3 Å². The number of primary sulfonamides is 1. The Morgan fingerprint density at radius 3 is 2.50 bits per heavy atom. The molecule has 4 N–H and O–H groups in total. The van der Waals surface area contributed by atoms with Gasteiger partial charge in [0.25, 0.3) is 17.7 Å². The van der Waals surface area contributed by atoms with Crippen molar-refractivity contribution in [2.45, 2.75) is 44.4 Å². The maximum atomic E-state index is 13.9. The third-order valence-electron chi connectivity index (χ3n) is 9.05. The largest absolute Gasteiger partial charge is 0.493 e. The zero-order chi connectivity index (χ0) is 35.7. The molecule has 0 unspecified atom stereocenters. The number of sulfonamides is 1. The predicted molar refractivity (Wildman–Crippen MR) is 186 cm³/mol. The lowest BCUT2D eigenvalue weighted by atomic mass is 9.97. The molecule has 3 heterocycles. The number of amides is 3. The molecular weight excluding hydrogens is 660 g/mol. The van der Waals surface area contributed by atoms with E-state index in [0.29, 0.717) is 33.9 Å². The minimum Gasteiger partial charge on any atom is -0.493 e. The molecule has 3 aliphatic heterocycles. The molecule has 3 aliphatic rings. The number of nitrogens with zero attached hydrogens (tertiary/aromatic N) is 1. The second kappa shape index (κ2) is 13.8. The van der Waals surface area contributed by atoms with Crippen molar-refractivity contribution in [3.05, 3.63) is 106 Å². The van der Waals surface area contributed by atoms with E-state index in [2.05, 4.69) is 10.6 Å². The summed E-state index contributed by atoms with van der Waals surface area (Å²) in [6, 6.07) is 20.1. The first-order valence-corrected chi connectivity index (χ1v) is 17.5. The van der Waals surface area contributed by atoms with Crippen LogP contribution in [-0.4, -0.2) is 70.0 Å². The van der Waals surface area contributed by atoms with Crippen LogP contribution in [0.4, 0.5) is 0 Å². The monoisotopic (exact) mass is 698 g/mol. The number of nitrogens with two attached hydrogens (primary N) is 1. The highest BCUT2D eigenvalue weighted by Gasteiger charge is 2.39. The van der Waals surface area contributed by atoms with Crippen LogP contribution >= 0.6 is 0 Å². The summed E-state index contributed by atoms with van der Waals surface area (Å²) in [6.07, 6.45) is -0.712. The molecule has 1 saturated heterocycles. The molecule has 0 spiro atoms.